The molecule has 3 saturated carbocycles. The Bertz CT molecular complexity index is 374. The summed E-state index contributed by atoms with van der Waals surface area (Å²) in [6, 6.07) is 0. The highest BCUT2D eigenvalue weighted by Gasteiger charge is 2.68. The van der Waals surface area contributed by atoms with Crippen molar-refractivity contribution in [3.8, 4) is 0 Å². The normalized spacial score (nSPS) is 36.4. The van der Waals surface area contributed by atoms with Crippen LogP contribution in [-0.2, 0) is 4.79 Å². The summed E-state index contributed by atoms with van der Waals surface area (Å²) in [7, 11) is 0. The van der Waals surface area contributed by atoms with E-state index in [4.69, 9.17) is 5.73 Å². The minimum absolute atomic E-state index is 0.123. The van der Waals surface area contributed by atoms with Gasteiger partial charge in [-0.15, -0.1) is 0 Å². The second-order valence-corrected chi connectivity index (χ2v) is 7.53. The third kappa shape index (κ3) is 1.37. The molecule has 0 heterocycles. The lowest BCUT2D eigenvalue weighted by molar-refractivity contribution is -0.235. The van der Waals surface area contributed by atoms with Gasteiger partial charge in [-0.2, -0.15) is 0 Å². The first-order valence-electron chi connectivity index (χ1n) is 7.34. The van der Waals surface area contributed by atoms with E-state index in [-0.39, 0.29) is 17.2 Å². The molecule has 3 nitrogen and oxygen atoms in total. The molecule has 3 fully saturated rings. The first kappa shape index (κ1) is 12.5. The third-order valence-electron chi connectivity index (χ3n) is 6.25. The maximum Gasteiger partial charge on any atom is 0.223 e. The number of rotatable bonds is 3. The molecule has 2 unspecified atom stereocenters. The average molecular weight is 251 g/mol. The van der Waals surface area contributed by atoms with Gasteiger partial charge in [-0.3, -0.25) is 4.79 Å². The van der Waals surface area contributed by atoms with Crippen LogP contribution in [0.1, 0.15) is 58.8 Å². The number of nitrogens with two attached hydrogens (primary N) is 1. The highest BCUT2D eigenvalue weighted by molar-refractivity contribution is 5.82. The summed E-state index contributed by atoms with van der Waals surface area (Å²) >= 11 is 0. The Labute approximate surface area is 109 Å². The molecule has 3 N–H and O–H groups in total. The molecule has 0 saturated heterocycles. The molecule has 0 bridgehead atoms. The largest absolute Gasteiger partial charge is 0.390 e. The minimum Gasteiger partial charge on any atom is -0.390 e. The Morgan fingerprint density at radius 3 is 2.06 bits per heavy atom. The Hall–Kier alpha value is -0.570. The first-order valence-corrected chi connectivity index (χ1v) is 7.34. The predicted molar refractivity (Wildman–Crippen MR) is 69.7 cm³/mol. The van der Waals surface area contributed by atoms with Crippen LogP contribution in [0.5, 0.6) is 0 Å². The second-order valence-electron chi connectivity index (χ2n) is 7.53. The van der Waals surface area contributed by atoms with Gasteiger partial charge in [-0.05, 0) is 63.2 Å². The molecule has 0 aliphatic heterocycles. The number of aliphatic hydroxyl groups is 1. The van der Waals surface area contributed by atoms with Gasteiger partial charge < -0.3 is 10.8 Å². The Balaban J connectivity index is 1.88. The van der Waals surface area contributed by atoms with Crippen LogP contribution in [0.15, 0.2) is 0 Å². The van der Waals surface area contributed by atoms with E-state index in [0.29, 0.717) is 11.3 Å². The lowest BCUT2D eigenvalue weighted by Gasteiger charge is -2.69. The van der Waals surface area contributed by atoms with Crippen molar-refractivity contribution in [1.82, 2.24) is 0 Å². The average Bonchev–Trinajstić information content (AvgIpc) is 1.99. The minimum atomic E-state index is -0.679. The number of hydrogen-bond acceptors (Lipinski definition) is 2. The Kier molecular flexibility index (Phi) is 2.42. The van der Waals surface area contributed by atoms with E-state index in [0.717, 1.165) is 25.7 Å². The monoisotopic (exact) mass is 251 g/mol. The van der Waals surface area contributed by atoms with Crippen LogP contribution in [-0.4, -0.2) is 16.6 Å². The standard InChI is InChI=1S/C15H25NO2/c1-13(2,18)11-10(9-14(11)5-3-6-14)15(12(16)17)7-4-8-15/h10-11,18H,3-9H2,1-2H3,(H2,16,17). The van der Waals surface area contributed by atoms with E-state index in [1.165, 1.54) is 19.3 Å². The van der Waals surface area contributed by atoms with Gasteiger partial charge in [0.05, 0.1) is 11.0 Å². The van der Waals surface area contributed by atoms with Crippen LogP contribution in [0.2, 0.25) is 0 Å². The molecule has 3 rings (SSSR count). The second kappa shape index (κ2) is 3.50. The Morgan fingerprint density at radius 2 is 1.78 bits per heavy atom. The van der Waals surface area contributed by atoms with Gasteiger partial charge in [0.1, 0.15) is 0 Å². The maximum atomic E-state index is 11.9. The van der Waals surface area contributed by atoms with Gasteiger partial charge in [0.2, 0.25) is 5.91 Å². The van der Waals surface area contributed by atoms with Crippen molar-refractivity contribution in [2.75, 3.05) is 0 Å². The van der Waals surface area contributed by atoms with Crippen molar-refractivity contribution >= 4 is 5.91 Å². The summed E-state index contributed by atoms with van der Waals surface area (Å²) in [5.74, 6) is 0.470. The van der Waals surface area contributed by atoms with E-state index in [1.54, 1.807) is 0 Å². The lowest BCUT2D eigenvalue weighted by atomic mass is 9.35. The molecule has 0 radical (unpaired) electrons. The van der Waals surface area contributed by atoms with E-state index in [1.807, 2.05) is 13.8 Å². The number of amides is 1. The van der Waals surface area contributed by atoms with Crippen molar-refractivity contribution in [3.63, 3.8) is 0 Å². The molecule has 0 aromatic carbocycles. The number of carbonyl (C=O) groups excluding carboxylic acids is 1. The van der Waals surface area contributed by atoms with E-state index in [9.17, 15) is 9.90 Å². The van der Waals surface area contributed by atoms with E-state index >= 15 is 0 Å². The Morgan fingerprint density at radius 1 is 1.22 bits per heavy atom. The molecule has 3 aliphatic rings. The van der Waals surface area contributed by atoms with Crippen LogP contribution < -0.4 is 5.73 Å². The SMILES string of the molecule is CC(C)(O)C1C(C2(C(N)=O)CCC2)CC12CCC2. The molecule has 1 amide bonds. The molecule has 3 aliphatic carbocycles. The molecule has 102 valence electrons. The van der Waals surface area contributed by atoms with Crippen LogP contribution >= 0.6 is 0 Å². The zero-order valence-corrected chi connectivity index (χ0v) is 11.5. The van der Waals surface area contributed by atoms with Gasteiger partial charge in [0, 0.05) is 0 Å². The van der Waals surface area contributed by atoms with Gasteiger partial charge in [-0.25, -0.2) is 0 Å². The topological polar surface area (TPSA) is 63.3 Å². The fourth-order valence-corrected chi connectivity index (χ4v) is 5.21. The molecular weight excluding hydrogens is 226 g/mol. The maximum absolute atomic E-state index is 11.9. The fraction of sp³-hybridized carbons (Fsp3) is 0.933. The highest BCUT2D eigenvalue weighted by atomic mass is 16.3. The third-order valence-corrected chi connectivity index (χ3v) is 6.25. The summed E-state index contributed by atoms with van der Waals surface area (Å²) in [5, 5.41) is 10.5. The molecular formula is C15H25NO2. The first-order chi connectivity index (χ1) is 8.32. The summed E-state index contributed by atoms with van der Waals surface area (Å²) in [6.45, 7) is 3.83. The fourth-order valence-electron chi connectivity index (χ4n) is 5.21. The molecule has 3 heteroatoms. The van der Waals surface area contributed by atoms with Gasteiger partial charge >= 0.3 is 0 Å². The van der Waals surface area contributed by atoms with Crippen LogP contribution in [0.4, 0.5) is 0 Å². The predicted octanol–water partition coefficient (Wildman–Crippen LogP) is 2.22. The van der Waals surface area contributed by atoms with Crippen molar-refractivity contribution in [3.05, 3.63) is 0 Å². The molecule has 0 aromatic heterocycles. The molecule has 1 spiro atoms. The summed E-state index contributed by atoms with van der Waals surface area (Å²) in [4.78, 5) is 11.9. The van der Waals surface area contributed by atoms with Crippen LogP contribution in [0.25, 0.3) is 0 Å². The van der Waals surface area contributed by atoms with Crippen molar-refractivity contribution in [2.45, 2.75) is 64.4 Å². The smallest absolute Gasteiger partial charge is 0.223 e. The van der Waals surface area contributed by atoms with Crippen LogP contribution in [0.3, 0.4) is 0 Å². The summed E-state index contributed by atoms with van der Waals surface area (Å²) in [5.41, 5.74) is 5.04. The highest BCUT2D eigenvalue weighted by Crippen LogP contribution is 2.72. The summed E-state index contributed by atoms with van der Waals surface area (Å²) < 4.78 is 0. The molecule has 18 heavy (non-hydrogen) atoms. The van der Waals surface area contributed by atoms with Crippen molar-refractivity contribution < 1.29 is 9.90 Å². The number of carbonyl (C=O) groups is 1. The quantitative estimate of drug-likeness (QED) is 0.808. The van der Waals surface area contributed by atoms with Gasteiger partial charge in [-0.1, -0.05) is 12.8 Å². The van der Waals surface area contributed by atoms with Crippen molar-refractivity contribution in [2.24, 2.45) is 28.4 Å². The molecule has 2 atom stereocenters. The van der Waals surface area contributed by atoms with Gasteiger partial charge in [0.15, 0.2) is 0 Å². The summed E-state index contributed by atoms with van der Waals surface area (Å²) in [6.07, 6.45) is 7.85. The molecule has 0 aromatic rings. The zero-order valence-electron chi connectivity index (χ0n) is 11.5. The van der Waals surface area contributed by atoms with Crippen LogP contribution in [0, 0.1) is 22.7 Å². The zero-order chi connectivity index (χ0) is 13.2. The lowest BCUT2D eigenvalue weighted by Crippen LogP contribution is -2.67. The number of primary amides is 1. The number of hydrogen-bond donors (Lipinski definition) is 2. The van der Waals surface area contributed by atoms with Gasteiger partial charge in [0.25, 0.3) is 0 Å². The van der Waals surface area contributed by atoms with E-state index in [2.05, 4.69) is 0 Å². The van der Waals surface area contributed by atoms with Crippen molar-refractivity contribution in [1.29, 1.82) is 0 Å². The van der Waals surface area contributed by atoms with E-state index < -0.39 is 5.60 Å².